The van der Waals surface area contributed by atoms with E-state index in [0.29, 0.717) is 13.2 Å². The standard InChI is InChI=1S/C13H23N3O4/c1-13(2,8-20-5)7-14-10(17)6-9-11(18)16(4)12(19)15(9)3/h9H,6-8H2,1-5H3,(H,14,17). The Morgan fingerprint density at radius 3 is 2.40 bits per heavy atom. The van der Waals surface area contributed by atoms with Gasteiger partial charge in [-0.2, -0.15) is 0 Å². The molecule has 0 saturated carbocycles. The lowest BCUT2D eigenvalue weighted by atomic mass is 9.95. The van der Waals surface area contributed by atoms with Crippen molar-refractivity contribution >= 4 is 17.8 Å². The zero-order chi connectivity index (χ0) is 15.5. The van der Waals surface area contributed by atoms with Gasteiger partial charge in [0.15, 0.2) is 0 Å². The summed E-state index contributed by atoms with van der Waals surface area (Å²) in [6, 6.07) is -1.09. The quantitative estimate of drug-likeness (QED) is 0.700. The van der Waals surface area contributed by atoms with Crippen LogP contribution in [0.3, 0.4) is 0 Å². The van der Waals surface area contributed by atoms with Crippen LogP contribution in [-0.4, -0.2) is 68.0 Å². The first-order chi connectivity index (χ1) is 9.19. The highest BCUT2D eigenvalue weighted by Gasteiger charge is 2.41. The van der Waals surface area contributed by atoms with Gasteiger partial charge in [-0.1, -0.05) is 13.8 Å². The highest BCUT2D eigenvalue weighted by Crippen LogP contribution is 2.17. The molecule has 7 heteroatoms. The van der Waals surface area contributed by atoms with E-state index in [0.717, 1.165) is 4.90 Å². The highest BCUT2D eigenvalue weighted by molar-refractivity contribution is 6.05. The summed E-state index contributed by atoms with van der Waals surface area (Å²) in [7, 11) is 4.55. The number of rotatable bonds is 6. The number of nitrogens with one attached hydrogen (secondary N) is 1. The molecule has 0 aromatic carbocycles. The Hall–Kier alpha value is -1.63. The Kier molecular flexibility index (Phi) is 5.10. The van der Waals surface area contributed by atoms with Gasteiger partial charge in [-0.25, -0.2) is 4.79 Å². The SMILES string of the molecule is COCC(C)(C)CNC(=O)CC1C(=O)N(C)C(=O)N1C. The molecule has 114 valence electrons. The predicted molar refractivity (Wildman–Crippen MR) is 73.0 cm³/mol. The van der Waals surface area contributed by atoms with Crippen LogP contribution >= 0.6 is 0 Å². The smallest absolute Gasteiger partial charge is 0.326 e. The molecule has 0 bridgehead atoms. The monoisotopic (exact) mass is 285 g/mol. The maximum absolute atomic E-state index is 11.9. The first-order valence-electron chi connectivity index (χ1n) is 6.49. The Bertz CT molecular complexity index is 408. The lowest BCUT2D eigenvalue weighted by molar-refractivity contribution is -0.131. The molecular weight excluding hydrogens is 262 g/mol. The van der Waals surface area contributed by atoms with Crippen LogP contribution in [0.1, 0.15) is 20.3 Å². The fraction of sp³-hybridized carbons (Fsp3) is 0.769. The van der Waals surface area contributed by atoms with Gasteiger partial charge in [0, 0.05) is 33.2 Å². The molecule has 0 radical (unpaired) electrons. The summed E-state index contributed by atoms with van der Waals surface area (Å²) >= 11 is 0. The predicted octanol–water partition coefficient (Wildman–Crippen LogP) is 0.0577. The van der Waals surface area contributed by atoms with Crippen LogP contribution in [0.4, 0.5) is 4.79 Å². The van der Waals surface area contributed by atoms with E-state index in [9.17, 15) is 14.4 Å². The molecule has 1 aliphatic rings. The van der Waals surface area contributed by atoms with Crippen LogP contribution in [0.5, 0.6) is 0 Å². The molecule has 1 rings (SSSR count). The third-order valence-corrected chi connectivity index (χ3v) is 3.35. The molecule has 1 unspecified atom stereocenters. The largest absolute Gasteiger partial charge is 0.384 e. The summed E-state index contributed by atoms with van der Waals surface area (Å²) in [5.41, 5.74) is -0.178. The molecule has 0 aliphatic carbocycles. The number of nitrogens with zero attached hydrogens (tertiary/aromatic N) is 2. The molecule has 1 atom stereocenters. The fourth-order valence-electron chi connectivity index (χ4n) is 2.11. The van der Waals surface area contributed by atoms with Crippen molar-refractivity contribution in [3.63, 3.8) is 0 Å². The van der Waals surface area contributed by atoms with Crippen LogP contribution in [0, 0.1) is 5.41 Å². The minimum Gasteiger partial charge on any atom is -0.384 e. The topological polar surface area (TPSA) is 79.0 Å². The first kappa shape index (κ1) is 16.4. The molecule has 1 fully saturated rings. The van der Waals surface area contributed by atoms with E-state index >= 15 is 0 Å². The Balaban J connectivity index is 2.51. The number of amides is 4. The number of methoxy groups -OCH3 is 1. The minimum absolute atomic E-state index is 0.0194. The maximum atomic E-state index is 11.9. The minimum atomic E-state index is -0.710. The second-order valence-electron chi connectivity index (χ2n) is 5.88. The van der Waals surface area contributed by atoms with Gasteiger partial charge in [0.05, 0.1) is 13.0 Å². The number of likely N-dealkylation sites (N-methyl/N-ethyl adjacent to an activating group) is 2. The van der Waals surface area contributed by atoms with E-state index in [1.54, 1.807) is 7.11 Å². The van der Waals surface area contributed by atoms with E-state index in [1.165, 1.54) is 19.0 Å². The summed E-state index contributed by atoms with van der Waals surface area (Å²) < 4.78 is 5.07. The van der Waals surface area contributed by atoms with Gasteiger partial charge in [-0.15, -0.1) is 0 Å². The van der Waals surface area contributed by atoms with E-state index in [4.69, 9.17) is 4.74 Å². The summed E-state index contributed by atoms with van der Waals surface area (Å²) in [4.78, 5) is 37.6. The molecule has 4 amide bonds. The lowest BCUT2D eigenvalue weighted by Gasteiger charge is -2.24. The van der Waals surface area contributed by atoms with Gasteiger partial charge in [0.1, 0.15) is 6.04 Å². The number of urea groups is 1. The Labute approximate surface area is 119 Å². The second kappa shape index (κ2) is 6.21. The second-order valence-corrected chi connectivity index (χ2v) is 5.88. The average Bonchev–Trinajstić information content (AvgIpc) is 2.54. The molecule has 0 aromatic rings. The number of hydrogen-bond donors (Lipinski definition) is 1. The van der Waals surface area contributed by atoms with Gasteiger partial charge >= 0.3 is 6.03 Å². The van der Waals surface area contributed by atoms with Crippen molar-refractivity contribution in [1.82, 2.24) is 15.1 Å². The van der Waals surface area contributed by atoms with Crippen molar-refractivity contribution in [1.29, 1.82) is 0 Å². The van der Waals surface area contributed by atoms with E-state index in [2.05, 4.69) is 5.32 Å². The van der Waals surface area contributed by atoms with Gasteiger partial charge in [0.25, 0.3) is 5.91 Å². The number of hydrogen-bond acceptors (Lipinski definition) is 4. The third-order valence-electron chi connectivity index (χ3n) is 3.35. The summed E-state index contributed by atoms with van der Waals surface area (Å²) in [5, 5.41) is 2.78. The van der Waals surface area contributed by atoms with Crippen LogP contribution in [0.25, 0.3) is 0 Å². The average molecular weight is 285 g/mol. The normalized spacial score (nSPS) is 19.8. The number of carbonyl (C=O) groups is 3. The van der Waals surface area contributed by atoms with Crippen LogP contribution in [-0.2, 0) is 14.3 Å². The van der Waals surface area contributed by atoms with Gasteiger partial charge in [0.2, 0.25) is 5.91 Å². The van der Waals surface area contributed by atoms with E-state index in [-0.39, 0.29) is 29.7 Å². The zero-order valence-electron chi connectivity index (χ0n) is 12.7. The number of carbonyl (C=O) groups excluding carboxylic acids is 3. The van der Waals surface area contributed by atoms with Crippen LogP contribution in [0.2, 0.25) is 0 Å². The van der Waals surface area contributed by atoms with Crippen molar-refractivity contribution in [3.8, 4) is 0 Å². The summed E-state index contributed by atoms with van der Waals surface area (Å²) in [6.07, 6.45) is -0.0194. The Morgan fingerprint density at radius 1 is 1.35 bits per heavy atom. The van der Waals surface area contributed by atoms with Crippen LogP contribution < -0.4 is 5.32 Å². The molecule has 0 spiro atoms. The van der Waals surface area contributed by atoms with E-state index < -0.39 is 6.04 Å². The molecule has 1 heterocycles. The Morgan fingerprint density at radius 2 is 1.95 bits per heavy atom. The number of ether oxygens (including phenoxy) is 1. The van der Waals surface area contributed by atoms with Crippen molar-refractivity contribution in [3.05, 3.63) is 0 Å². The zero-order valence-corrected chi connectivity index (χ0v) is 12.7. The van der Waals surface area contributed by atoms with Gasteiger partial charge < -0.3 is 15.0 Å². The highest BCUT2D eigenvalue weighted by atomic mass is 16.5. The third kappa shape index (κ3) is 3.69. The fourth-order valence-corrected chi connectivity index (χ4v) is 2.11. The summed E-state index contributed by atoms with van der Waals surface area (Å²) in [5.74, 6) is -0.591. The molecule has 1 N–H and O–H groups in total. The van der Waals surface area contributed by atoms with Crippen LogP contribution in [0.15, 0.2) is 0 Å². The molecular formula is C13H23N3O4. The van der Waals surface area contributed by atoms with Gasteiger partial charge in [-0.05, 0) is 0 Å². The molecule has 20 heavy (non-hydrogen) atoms. The molecule has 1 aliphatic heterocycles. The van der Waals surface area contributed by atoms with Gasteiger partial charge in [-0.3, -0.25) is 14.5 Å². The van der Waals surface area contributed by atoms with E-state index in [1.807, 2.05) is 13.8 Å². The van der Waals surface area contributed by atoms with Crippen molar-refractivity contribution in [2.24, 2.45) is 5.41 Å². The summed E-state index contributed by atoms with van der Waals surface area (Å²) in [6.45, 7) is 4.92. The maximum Gasteiger partial charge on any atom is 0.326 e. The first-order valence-corrected chi connectivity index (χ1v) is 6.49. The lowest BCUT2D eigenvalue weighted by Crippen LogP contribution is -2.41. The molecule has 1 saturated heterocycles. The van der Waals surface area contributed by atoms with Crippen molar-refractivity contribution in [2.75, 3.05) is 34.4 Å². The number of imide groups is 1. The van der Waals surface area contributed by atoms with Crippen molar-refractivity contribution < 1.29 is 19.1 Å². The van der Waals surface area contributed by atoms with Crippen molar-refractivity contribution in [2.45, 2.75) is 26.3 Å². The molecule has 0 aromatic heterocycles. The molecule has 7 nitrogen and oxygen atoms in total.